The molecular weight excluding hydrogens is 464 g/mol. The van der Waals surface area contributed by atoms with E-state index < -0.39 is 41.6 Å². The van der Waals surface area contributed by atoms with Crippen molar-refractivity contribution < 1.29 is 53.2 Å². The lowest BCUT2D eigenvalue weighted by atomic mass is 9.94. The van der Waals surface area contributed by atoms with Crippen LogP contribution >= 0.6 is 0 Å². The minimum atomic E-state index is -1.40. The Hall–Kier alpha value is -3.86. The van der Waals surface area contributed by atoms with Crippen molar-refractivity contribution in [3.63, 3.8) is 0 Å². The number of hydrogen-bond acceptors (Lipinski definition) is 10. The Balaban J connectivity index is 1.71. The highest BCUT2D eigenvalue weighted by Gasteiger charge is 2.32. The Kier molecular flexibility index (Phi) is 10.3. The predicted octanol–water partition coefficient (Wildman–Crippen LogP) is 2.45. The molecule has 0 unspecified atom stereocenters. The molecule has 0 spiro atoms. The molecule has 0 radical (unpaired) electrons. The quantitative estimate of drug-likeness (QED) is 0.123. The van der Waals surface area contributed by atoms with Gasteiger partial charge in [-0.2, -0.15) is 0 Å². The standard InChI is InChI=1S/C24H26O11/c25-18(26)12-13-20(28)34-23(31)17-10-8-16(9-11-17)22(30)33-19(27)6-2-3-7-21(29)35-24(32)14-4-1-5-15-24/h8-13,32H,1-7,14-15H2,(H,25,26)/b13-12-. The summed E-state index contributed by atoms with van der Waals surface area (Å²) in [4.78, 5) is 69.4. The fourth-order valence-corrected chi connectivity index (χ4v) is 3.29. The maximum absolute atomic E-state index is 12.1. The number of aliphatic carboxylic acids is 1. The van der Waals surface area contributed by atoms with Gasteiger partial charge in [-0.15, -0.1) is 0 Å². The molecule has 11 nitrogen and oxygen atoms in total. The van der Waals surface area contributed by atoms with Gasteiger partial charge in [0.25, 0.3) is 0 Å². The van der Waals surface area contributed by atoms with Crippen LogP contribution in [0.15, 0.2) is 36.4 Å². The van der Waals surface area contributed by atoms with Crippen molar-refractivity contribution in [2.75, 3.05) is 0 Å². The Morgan fingerprint density at radius 2 is 1.29 bits per heavy atom. The van der Waals surface area contributed by atoms with E-state index in [9.17, 15) is 33.9 Å². The van der Waals surface area contributed by atoms with Crippen LogP contribution in [-0.4, -0.2) is 51.8 Å². The summed E-state index contributed by atoms with van der Waals surface area (Å²) >= 11 is 0. The van der Waals surface area contributed by atoms with Crippen molar-refractivity contribution >= 4 is 35.8 Å². The lowest BCUT2D eigenvalue weighted by molar-refractivity contribution is -0.220. The lowest BCUT2D eigenvalue weighted by Crippen LogP contribution is -2.36. The molecule has 11 heteroatoms. The number of carbonyl (C=O) groups is 6. The first kappa shape index (κ1) is 27.4. The molecule has 0 aliphatic heterocycles. The van der Waals surface area contributed by atoms with Crippen molar-refractivity contribution in [3.8, 4) is 0 Å². The highest BCUT2D eigenvalue weighted by Crippen LogP contribution is 2.29. The minimum absolute atomic E-state index is 0.0235. The second kappa shape index (κ2) is 13.1. The number of benzene rings is 1. The molecule has 0 bridgehead atoms. The van der Waals surface area contributed by atoms with Gasteiger partial charge in [0.1, 0.15) is 0 Å². The van der Waals surface area contributed by atoms with E-state index in [2.05, 4.69) is 4.74 Å². The molecule has 2 rings (SSSR count). The first-order chi connectivity index (χ1) is 16.6. The van der Waals surface area contributed by atoms with Crippen molar-refractivity contribution in [2.24, 2.45) is 0 Å². The lowest BCUT2D eigenvalue weighted by Gasteiger charge is -2.31. The molecule has 1 aliphatic carbocycles. The number of carbonyl (C=O) groups excluding carboxylic acids is 5. The Labute approximate surface area is 200 Å². The van der Waals surface area contributed by atoms with Gasteiger partial charge in [0.2, 0.25) is 5.79 Å². The molecule has 1 aromatic rings. The minimum Gasteiger partial charge on any atom is -0.478 e. The van der Waals surface area contributed by atoms with Crippen LogP contribution in [-0.2, 0) is 33.4 Å². The van der Waals surface area contributed by atoms with Crippen LogP contribution in [0.5, 0.6) is 0 Å². The SMILES string of the molecule is O=C(O)/C=C\C(=O)OC(=O)c1ccc(C(=O)OC(=O)CCCCC(=O)OC2(O)CCCCC2)cc1. The summed E-state index contributed by atoms with van der Waals surface area (Å²) in [6, 6.07) is 4.72. The van der Waals surface area contributed by atoms with Gasteiger partial charge in [0, 0.05) is 37.8 Å². The van der Waals surface area contributed by atoms with Crippen LogP contribution in [0.3, 0.4) is 0 Å². The molecule has 1 fully saturated rings. The molecule has 1 saturated carbocycles. The molecule has 0 atom stereocenters. The van der Waals surface area contributed by atoms with Gasteiger partial charge in [-0.3, -0.25) is 9.59 Å². The molecule has 0 heterocycles. The first-order valence-electron chi connectivity index (χ1n) is 11.0. The molecule has 1 aromatic carbocycles. The van der Waals surface area contributed by atoms with E-state index in [1.807, 2.05) is 0 Å². The second-order valence-corrected chi connectivity index (χ2v) is 7.91. The van der Waals surface area contributed by atoms with E-state index in [0.717, 1.165) is 19.3 Å². The van der Waals surface area contributed by atoms with Crippen LogP contribution in [0.4, 0.5) is 0 Å². The number of rotatable bonds is 10. The zero-order valence-electron chi connectivity index (χ0n) is 18.9. The maximum Gasteiger partial charge on any atom is 0.346 e. The van der Waals surface area contributed by atoms with Crippen molar-refractivity contribution in [1.29, 1.82) is 0 Å². The van der Waals surface area contributed by atoms with Gasteiger partial charge >= 0.3 is 35.8 Å². The summed E-state index contributed by atoms with van der Waals surface area (Å²) in [6.45, 7) is 0. The molecule has 2 N–H and O–H groups in total. The highest BCUT2D eigenvalue weighted by molar-refractivity contribution is 6.02. The smallest absolute Gasteiger partial charge is 0.346 e. The highest BCUT2D eigenvalue weighted by atomic mass is 16.7. The topological polar surface area (TPSA) is 171 Å². The molecule has 0 amide bonds. The monoisotopic (exact) mass is 490 g/mol. The van der Waals surface area contributed by atoms with E-state index >= 15 is 0 Å². The van der Waals surface area contributed by atoms with Crippen LogP contribution in [0.2, 0.25) is 0 Å². The summed E-state index contributed by atoms with van der Waals surface area (Å²) < 4.78 is 14.3. The third kappa shape index (κ3) is 9.88. The third-order valence-electron chi connectivity index (χ3n) is 5.07. The van der Waals surface area contributed by atoms with Gasteiger partial charge in [0.15, 0.2) is 0 Å². The normalized spacial score (nSPS) is 14.7. The molecule has 1 aliphatic rings. The number of carboxylic acid groups (broad SMARTS) is 1. The largest absolute Gasteiger partial charge is 0.478 e. The predicted molar refractivity (Wildman–Crippen MR) is 117 cm³/mol. The molecular formula is C24H26O11. The van der Waals surface area contributed by atoms with E-state index in [4.69, 9.17) is 14.6 Å². The summed E-state index contributed by atoms with van der Waals surface area (Å²) in [7, 11) is 0. The number of carboxylic acids is 1. The van der Waals surface area contributed by atoms with Crippen LogP contribution in [0.1, 0.15) is 78.5 Å². The Bertz CT molecular complexity index is 985. The zero-order valence-corrected chi connectivity index (χ0v) is 18.9. The van der Waals surface area contributed by atoms with E-state index in [0.29, 0.717) is 31.4 Å². The fourth-order valence-electron chi connectivity index (χ4n) is 3.29. The summed E-state index contributed by atoms with van der Waals surface area (Å²) in [5.41, 5.74) is -0.119. The number of unbranched alkanes of at least 4 members (excludes halogenated alkanes) is 1. The summed E-state index contributed by atoms with van der Waals surface area (Å²) in [6.07, 6.45) is 4.99. The number of hydrogen-bond donors (Lipinski definition) is 2. The Morgan fingerprint density at radius 3 is 1.83 bits per heavy atom. The first-order valence-corrected chi connectivity index (χ1v) is 11.0. The fraction of sp³-hybridized carbons (Fsp3) is 0.417. The van der Waals surface area contributed by atoms with E-state index in [1.54, 1.807) is 0 Å². The van der Waals surface area contributed by atoms with Gasteiger partial charge < -0.3 is 24.4 Å². The Morgan fingerprint density at radius 1 is 0.771 bits per heavy atom. The number of esters is 5. The number of ether oxygens (including phenoxy) is 3. The molecule has 0 aromatic heterocycles. The van der Waals surface area contributed by atoms with E-state index in [1.165, 1.54) is 24.3 Å². The van der Waals surface area contributed by atoms with Crippen molar-refractivity contribution in [3.05, 3.63) is 47.5 Å². The third-order valence-corrected chi connectivity index (χ3v) is 5.07. The second-order valence-electron chi connectivity index (χ2n) is 7.91. The van der Waals surface area contributed by atoms with Gasteiger partial charge in [0.05, 0.1) is 11.1 Å². The molecule has 0 saturated heterocycles. The average molecular weight is 490 g/mol. The van der Waals surface area contributed by atoms with Crippen LogP contribution in [0, 0.1) is 0 Å². The average Bonchev–Trinajstić information content (AvgIpc) is 2.80. The summed E-state index contributed by atoms with van der Waals surface area (Å²) in [5, 5.41) is 18.6. The van der Waals surface area contributed by atoms with Gasteiger partial charge in [-0.1, -0.05) is 6.42 Å². The molecule has 35 heavy (non-hydrogen) atoms. The van der Waals surface area contributed by atoms with Crippen LogP contribution < -0.4 is 0 Å². The molecule has 188 valence electrons. The maximum atomic E-state index is 12.1. The van der Waals surface area contributed by atoms with Gasteiger partial charge in [-0.05, 0) is 49.9 Å². The zero-order chi connectivity index (χ0) is 25.8. The van der Waals surface area contributed by atoms with Crippen molar-refractivity contribution in [1.82, 2.24) is 0 Å². The summed E-state index contributed by atoms with van der Waals surface area (Å²) in [5.74, 6) is -7.32. The van der Waals surface area contributed by atoms with E-state index in [-0.39, 0.29) is 30.4 Å². The van der Waals surface area contributed by atoms with Crippen LogP contribution in [0.25, 0.3) is 0 Å². The van der Waals surface area contributed by atoms with Crippen molar-refractivity contribution in [2.45, 2.75) is 63.6 Å². The number of aliphatic hydroxyl groups is 1. The van der Waals surface area contributed by atoms with Gasteiger partial charge in [-0.25, -0.2) is 19.2 Å².